The molecule has 0 amide bonds. The SMILES string of the molecule is CCNCCOC(C)(CC)CC. The van der Waals surface area contributed by atoms with Crippen molar-refractivity contribution in [3.8, 4) is 0 Å². The highest BCUT2D eigenvalue weighted by atomic mass is 16.5. The zero-order chi connectivity index (χ0) is 9.45. The van der Waals surface area contributed by atoms with Crippen LogP contribution in [0.4, 0.5) is 0 Å². The fraction of sp³-hybridized carbons (Fsp3) is 1.00. The van der Waals surface area contributed by atoms with E-state index >= 15 is 0 Å². The summed E-state index contributed by atoms with van der Waals surface area (Å²) in [6, 6.07) is 0. The number of hydrogen-bond acceptors (Lipinski definition) is 2. The molecule has 0 spiro atoms. The maximum Gasteiger partial charge on any atom is 0.0650 e. The van der Waals surface area contributed by atoms with Crippen LogP contribution < -0.4 is 5.32 Å². The molecule has 0 saturated carbocycles. The molecule has 0 bridgehead atoms. The number of likely N-dealkylation sites (N-methyl/N-ethyl adjacent to an activating group) is 1. The zero-order valence-electron chi connectivity index (χ0n) is 8.94. The van der Waals surface area contributed by atoms with Gasteiger partial charge in [-0.1, -0.05) is 20.8 Å². The molecule has 1 N–H and O–H groups in total. The van der Waals surface area contributed by atoms with E-state index in [0.29, 0.717) is 0 Å². The van der Waals surface area contributed by atoms with Gasteiger partial charge in [-0.2, -0.15) is 0 Å². The van der Waals surface area contributed by atoms with Crippen molar-refractivity contribution in [2.45, 2.75) is 46.1 Å². The first-order valence-electron chi connectivity index (χ1n) is 5.03. The van der Waals surface area contributed by atoms with Gasteiger partial charge < -0.3 is 10.1 Å². The molecule has 0 unspecified atom stereocenters. The van der Waals surface area contributed by atoms with Gasteiger partial charge in [-0.15, -0.1) is 0 Å². The number of hydrogen-bond donors (Lipinski definition) is 1. The summed E-state index contributed by atoms with van der Waals surface area (Å²) < 4.78 is 5.77. The van der Waals surface area contributed by atoms with Crippen molar-refractivity contribution in [2.24, 2.45) is 0 Å². The van der Waals surface area contributed by atoms with E-state index in [-0.39, 0.29) is 5.60 Å². The van der Waals surface area contributed by atoms with E-state index in [1.54, 1.807) is 0 Å². The lowest BCUT2D eigenvalue weighted by Gasteiger charge is -2.27. The topological polar surface area (TPSA) is 21.3 Å². The van der Waals surface area contributed by atoms with Crippen molar-refractivity contribution in [3.63, 3.8) is 0 Å². The maximum absolute atomic E-state index is 5.77. The first kappa shape index (κ1) is 11.9. The molecule has 0 aromatic heterocycles. The molecule has 74 valence electrons. The largest absolute Gasteiger partial charge is 0.374 e. The minimum absolute atomic E-state index is 0.0927. The fourth-order valence-corrected chi connectivity index (χ4v) is 1.00. The Morgan fingerprint density at radius 2 is 1.75 bits per heavy atom. The van der Waals surface area contributed by atoms with Crippen molar-refractivity contribution < 1.29 is 4.74 Å². The molecule has 0 aliphatic carbocycles. The van der Waals surface area contributed by atoms with E-state index in [1.807, 2.05) is 0 Å². The van der Waals surface area contributed by atoms with Gasteiger partial charge in [0.25, 0.3) is 0 Å². The van der Waals surface area contributed by atoms with Crippen LogP contribution >= 0.6 is 0 Å². The van der Waals surface area contributed by atoms with E-state index in [1.165, 1.54) is 0 Å². The molecule has 0 radical (unpaired) electrons. The molecule has 0 heterocycles. The van der Waals surface area contributed by atoms with Crippen molar-refractivity contribution in [3.05, 3.63) is 0 Å². The second kappa shape index (κ2) is 6.44. The summed E-state index contributed by atoms with van der Waals surface area (Å²) in [5.41, 5.74) is 0.0927. The zero-order valence-corrected chi connectivity index (χ0v) is 8.94. The second-order valence-corrected chi connectivity index (χ2v) is 3.36. The van der Waals surface area contributed by atoms with Crippen LogP contribution in [-0.4, -0.2) is 25.3 Å². The molecule has 0 atom stereocenters. The van der Waals surface area contributed by atoms with Crippen LogP contribution in [-0.2, 0) is 4.74 Å². The van der Waals surface area contributed by atoms with Crippen LogP contribution in [0.2, 0.25) is 0 Å². The van der Waals surface area contributed by atoms with Gasteiger partial charge in [-0.05, 0) is 26.3 Å². The van der Waals surface area contributed by atoms with E-state index in [0.717, 1.165) is 32.5 Å². The average Bonchev–Trinajstić information content (AvgIpc) is 2.12. The highest BCUT2D eigenvalue weighted by Gasteiger charge is 2.18. The predicted octanol–water partition coefficient (Wildman–Crippen LogP) is 2.19. The van der Waals surface area contributed by atoms with Gasteiger partial charge in [0, 0.05) is 6.54 Å². The smallest absolute Gasteiger partial charge is 0.0650 e. The van der Waals surface area contributed by atoms with E-state index in [9.17, 15) is 0 Å². The van der Waals surface area contributed by atoms with E-state index in [2.05, 4.69) is 33.0 Å². The molecule has 0 fully saturated rings. The van der Waals surface area contributed by atoms with E-state index in [4.69, 9.17) is 4.74 Å². The Hall–Kier alpha value is -0.0800. The summed E-state index contributed by atoms with van der Waals surface area (Å²) in [5.74, 6) is 0. The maximum atomic E-state index is 5.77. The minimum atomic E-state index is 0.0927. The van der Waals surface area contributed by atoms with Crippen LogP contribution in [0.15, 0.2) is 0 Å². The first-order chi connectivity index (χ1) is 5.68. The Kier molecular flexibility index (Phi) is 6.39. The standard InChI is InChI=1S/C10H23NO/c1-5-10(4,6-2)12-9-8-11-7-3/h11H,5-9H2,1-4H3. The normalized spacial score (nSPS) is 12.0. The fourth-order valence-electron chi connectivity index (χ4n) is 1.00. The Morgan fingerprint density at radius 1 is 1.17 bits per heavy atom. The number of ether oxygens (including phenoxy) is 1. The first-order valence-corrected chi connectivity index (χ1v) is 5.03. The van der Waals surface area contributed by atoms with Gasteiger partial charge >= 0.3 is 0 Å². The van der Waals surface area contributed by atoms with Gasteiger partial charge in [0.1, 0.15) is 0 Å². The lowest BCUT2D eigenvalue weighted by atomic mass is 10.0. The van der Waals surface area contributed by atoms with Crippen LogP contribution in [0.25, 0.3) is 0 Å². The van der Waals surface area contributed by atoms with Crippen LogP contribution in [0.5, 0.6) is 0 Å². The molecular weight excluding hydrogens is 150 g/mol. The third-order valence-electron chi connectivity index (χ3n) is 2.48. The predicted molar refractivity (Wildman–Crippen MR) is 53.5 cm³/mol. The Labute approximate surface area is 76.7 Å². The molecule has 0 rings (SSSR count). The summed E-state index contributed by atoms with van der Waals surface area (Å²) in [7, 11) is 0. The molecule has 0 aliphatic heterocycles. The van der Waals surface area contributed by atoms with Crippen molar-refractivity contribution in [1.82, 2.24) is 5.32 Å². The van der Waals surface area contributed by atoms with Crippen molar-refractivity contribution >= 4 is 0 Å². The molecule has 0 aromatic rings. The third kappa shape index (κ3) is 4.73. The highest BCUT2D eigenvalue weighted by molar-refractivity contribution is 4.70. The lowest BCUT2D eigenvalue weighted by molar-refractivity contribution is -0.0350. The molecular formula is C10H23NO. The third-order valence-corrected chi connectivity index (χ3v) is 2.48. The van der Waals surface area contributed by atoms with Crippen LogP contribution in [0.3, 0.4) is 0 Å². The Bertz CT molecular complexity index is 100. The van der Waals surface area contributed by atoms with Gasteiger partial charge in [-0.25, -0.2) is 0 Å². The highest BCUT2D eigenvalue weighted by Crippen LogP contribution is 2.18. The molecule has 2 heteroatoms. The monoisotopic (exact) mass is 173 g/mol. The van der Waals surface area contributed by atoms with Gasteiger partial charge in [0.2, 0.25) is 0 Å². The van der Waals surface area contributed by atoms with Gasteiger partial charge in [-0.3, -0.25) is 0 Å². The minimum Gasteiger partial charge on any atom is -0.374 e. The summed E-state index contributed by atoms with van der Waals surface area (Å²) >= 11 is 0. The van der Waals surface area contributed by atoms with Gasteiger partial charge in [0.05, 0.1) is 12.2 Å². The van der Waals surface area contributed by atoms with E-state index < -0.39 is 0 Å². The van der Waals surface area contributed by atoms with Crippen LogP contribution in [0, 0.1) is 0 Å². The molecule has 0 saturated heterocycles. The summed E-state index contributed by atoms with van der Waals surface area (Å²) in [6.07, 6.45) is 2.19. The van der Waals surface area contributed by atoms with Crippen molar-refractivity contribution in [1.29, 1.82) is 0 Å². The quantitative estimate of drug-likeness (QED) is 0.596. The van der Waals surface area contributed by atoms with Gasteiger partial charge in [0.15, 0.2) is 0 Å². The summed E-state index contributed by atoms with van der Waals surface area (Å²) in [5, 5.41) is 3.24. The Morgan fingerprint density at radius 3 is 2.17 bits per heavy atom. The lowest BCUT2D eigenvalue weighted by Crippen LogP contribution is -2.30. The summed E-state index contributed by atoms with van der Waals surface area (Å²) in [6.45, 7) is 11.5. The molecule has 0 aromatic carbocycles. The molecule has 2 nitrogen and oxygen atoms in total. The number of rotatable bonds is 7. The summed E-state index contributed by atoms with van der Waals surface area (Å²) in [4.78, 5) is 0. The van der Waals surface area contributed by atoms with Crippen molar-refractivity contribution in [2.75, 3.05) is 19.7 Å². The Balaban J connectivity index is 3.45. The van der Waals surface area contributed by atoms with Crippen LogP contribution in [0.1, 0.15) is 40.5 Å². The second-order valence-electron chi connectivity index (χ2n) is 3.36. The molecule has 12 heavy (non-hydrogen) atoms. The number of nitrogens with one attached hydrogen (secondary N) is 1. The molecule has 0 aliphatic rings. The average molecular weight is 173 g/mol.